The lowest BCUT2D eigenvalue weighted by molar-refractivity contribution is 0.591. The van der Waals surface area contributed by atoms with Crippen molar-refractivity contribution in [2.24, 2.45) is 0 Å². The monoisotopic (exact) mass is 336 g/mol. The zero-order valence-electron chi connectivity index (χ0n) is 13.2. The van der Waals surface area contributed by atoms with Crippen molar-refractivity contribution < 1.29 is 8.42 Å². The van der Waals surface area contributed by atoms with Gasteiger partial charge in [-0.05, 0) is 18.6 Å². The first kappa shape index (κ1) is 16.0. The number of aromatic nitrogens is 1. The molecule has 1 aromatic heterocycles. The molecular weight excluding hydrogens is 320 g/mol. The zero-order valence-corrected chi connectivity index (χ0v) is 14.0. The molecule has 4 nitrogen and oxygen atoms in total. The molecule has 1 atom stereocenters. The quantitative estimate of drug-likeness (QED) is 0.730. The van der Waals surface area contributed by atoms with Gasteiger partial charge in [0.25, 0.3) is 0 Å². The van der Waals surface area contributed by atoms with Gasteiger partial charge in [-0.1, -0.05) is 48.0 Å². The Morgan fingerprint density at radius 3 is 2.54 bits per heavy atom. The summed E-state index contributed by atoms with van der Waals surface area (Å²) >= 11 is 0. The van der Waals surface area contributed by atoms with Crippen LogP contribution in [0.2, 0.25) is 0 Å². The van der Waals surface area contributed by atoms with Crippen molar-refractivity contribution >= 4 is 20.7 Å². The molecule has 5 heteroatoms. The number of nitriles is 1. The Balaban J connectivity index is 2.18. The van der Waals surface area contributed by atoms with Crippen molar-refractivity contribution in [2.45, 2.75) is 17.1 Å². The molecule has 3 aromatic rings. The van der Waals surface area contributed by atoms with Crippen molar-refractivity contribution in [3.63, 3.8) is 0 Å². The lowest BCUT2D eigenvalue weighted by atomic mass is 10.1. The number of H-pyrrole nitrogens is 1. The third-order valence-corrected chi connectivity index (χ3v) is 6.14. The number of aromatic amines is 1. The molecular formula is C19H16N2O2S. The Bertz CT molecular complexity index is 1050. The first-order chi connectivity index (χ1) is 11.5. The largest absolute Gasteiger partial charge is 0.359 e. The van der Waals surface area contributed by atoms with Gasteiger partial charge in [0.1, 0.15) is 11.3 Å². The van der Waals surface area contributed by atoms with Gasteiger partial charge in [-0.2, -0.15) is 5.26 Å². The predicted molar refractivity (Wildman–Crippen MR) is 94.3 cm³/mol. The van der Waals surface area contributed by atoms with Gasteiger partial charge in [0.2, 0.25) is 0 Å². The number of fused-ring (bicyclic) bond motifs is 1. The van der Waals surface area contributed by atoms with Crippen molar-refractivity contribution in [1.82, 2.24) is 4.98 Å². The maximum absolute atomic E-state index is 13.1. The number of rotatable bonds is 4. The smallest absolute Gasteiger partial charge is 0.191 e. The normalized spacial score (nSPS) is 12.7. The number of nitrogens with one attached hydrogen (secondary N) is 1. The summed E-state index contributed by atoms with van der Waals surface area (Å²) in [5, 5.41) is 8.85. The summed E-state index contributed by atoms with van der Waals surface area (Å²) in [5.41, 5.74) is 2.68. The van der Waals surface area contributed by atoms with Crippen LogP contribution in [0.1, 0.15) is 21.9 Å². The molecule has 2 aromatic carbocycles. The second kappa shape index (κ2) is 5.99. The average molecular weight is 336 g/mol. The summed E-state index contributed by atoms with van der Waals surface area (Å²) in [7, 11) is -3.68. The Morgan fingerprint density at radius 1 is 1.21 bits per heavy atom. The molecule has 0 radical (unpaired) electrons. The minimum Gasteiger partial charge on any atom is -0.359 e. The van der Waals surface area contributed by atoms with Gasteiger partial charge in [0.05, 0.1) is 16.0 Å². The van der Waals surface area contributed by atoms with E-state index in [0.717, 1.165) is 5.56 Å². The molecule has 0 spiro atoms. The second-order valence-corrected chi connectivity index (χ2v) is 7.64. The lowest BCUT2D eigenvalue weighted by Gasteiger charge is -2.14. The molecule has 3 rings (SSSR count). The number of hydrogen-bond acceptors (Lipinski definition) is 3. The molecule has 0 aliphatic rings. The first-order valence-electron chi connectivity index (χ1n) is 7.42. The third-order valence-electron chi connectivity index (χ3n) is 4.06. The van der Waals surface area contributed by atoms with Crippen LogP contribution < -0.4 is 0 Å². The van der Waals surface area contributed by atoms with E-state index in [1.165, 1.54) is 12.3 Å². The Kier molecular flexibility index (Phi) is 4.00. The average Bonchev–Trinajstić information content (AvgIpc) is 3.02. The van der Waals surface area contributed by atoms with Crippen LogP contribution in [-0.2, 0) is 9.84 Å². The van der Waals surface area contributed by atoms with E-state index in [9.17, 15) is 13.7 Å². The molecule has 0 aliphatic carbocycles. The Hall–Kier alpha value is -2.84. The fourth-order valence-electron chi connectivity index (χ4n) is 2.79. The predicted octanol–water partition coefficient (Wildman–Crippen LogP) is 4.05. The van der Waals surface area contributed by atoms with E-state index in [0.29, 0.717) is 22.0 Å². The molecule has 0 bridgehead atoms. The fraction of sp³-hybridized carbons (Fsp3) is 0.105. The van der Waals surface area contributed by atoms with E-state index in [1.54, 1.807) is 30.3 Å². The Morgan fingerprint density at radius 2 is 1.92 bits per heavy atom. The second-order valence-electron chi connectivity index (χ2n) is 5.60. The van der Waals surface area contributed by atoms with Crippen molar-refractivity contribution in [3.8, 4) is 6.07 Å². The third kappa shape index (κ3) is 2.51. The number of sulfone groups is 1. The number of aryl methyl sites for hydroxylation is 1. The van der Waals surface area contributed by atoms with E-state index in [-0.39, 0.29) is 4.90 Å². The molecule has 120 valence electrons. The lowest BCUT2D eigenvalue weighted by Crippen LogP contribution is -2.11. The van der Waals surface area contributed by atoms with Gasteiger partial charge >= 0.3 is 0 Å². The van der Waals surface area contributed by atoms with Gasteiger partial charge in [0, 0.05) is 11.6 Å². The molecule has 1 N–H and O–H groups in total. The van der Waals surface area contributed by atoms with Crippen molar-refractivity contribution in [1.29, 1.82) is 5.26 Å². The molecule has 24 heavy (non-hydrogen) atoms. The summed E-state index contributed by atoms with van der Waals surface area (Å²) in [6.45, 7) is 5.66. The highest BCUT2D eigenvalue weighted by Crippen LogP contribution is 2.34. The molecule has 0 aliphatic heterocycles. The molecule has 0 saturated carbocycles. The minimum atomic E-state index is -3.68. The van der Waals surface area contributed by atoms with Gasteiger partial charge < -0.3 is 4.98 Å². The molecule has 1 unspecified atom stereocenters. The topological polar surface area (TPSA) is 73.7 Å². The number of nitrogens with zero attached hydrogens (tertiary/aromatic N) is 1. The van der Waals surface area contributed by atoms with Crippen LogP contribution in [0.4, 0.5) is 0 Å². The van der Waals surface area contributed by atoms with Crippen LogP contribution in [0.25, 0.3) is 10.9 Å². The molecule has 0 fully saturated rings. The van der Waals surface area contributed by atoms with E-state index < -0.39 is 15.1 Å². The van der Waals surface area contributed by atoms with Crippen LogP contribution in [-0.4, -0.2) is 13.4 Å². The van der Waals surface area contributed by atoms with E-state index in [1.807, 2.05) is 19.1 Å². The maximum atomic E-state index is 13.1. The molecule has 0 amide bonds. The maximum Gasteiger partial charge on any atom is 0.191 e. The highest BCUT2D eigenvalue weighted by Gasteiger charge is 2.29. The van der Waals surface area contributed by atoms with Gasteiger partial charge in [-0.3, -0.25) is 0 Å². The van der Waals surface area contributed by atoms with Gasteiger partial charge in [-0.25, -0.2) is 8.42 Å². The van der Waals surface area contributed by atoms with E-state index >= 15 is 0 Å². The summed E-state index contributed by atoms with van der Waals surface area (Å²) < 4.78 is 26.3. The summed E-state index contributed by atoms with van der Waals surface area (Å²) in [5.74, 6) is 0. The summed E-state index contributed by atoms with van der Waals surface area (Å²) in [6, 6.07) is 14.5. The number of hydrogen-bond donors (Lipinski definition) is 1. The zero-order chi connectivity index (χ0) is 17.3. The standard InChI is InChI=1S/C19H16N2O2S/c1-3-17(14-9-7-13(2)8-10-14)24(22,23)18-12-21-19-15(11-20)5-4-6-16(18)19/h3-10,12,17,21H,1H2,2H3. The minimum absolute atomic E-state index is 0.181. The highest BCUT2D eigenvalue weighted by molar-refractivity contribution is 7.92. The van der Waals surface area contributed by atoms with E-state index in [2.05, 4.69) is 17.6 Å². The summed E-state index contributed by atoms with van der Waals surface area (Å²) in [4.78, 5) is 3.10. The summed E-state index contributed by atoms with van der Waals surface area (Å²) in [6.07, 6.45) is 2.89. The van der Waals surface area contributed by atoms with Gasteiger partial charge in [0.15, 0.2) is 9.84 Å². The fourth-order valence-corrected chi connectivity index (χ4v) is 4.53. The van der Waals surface area contributed by atoms with Crippen LogP contribution >= 0.6 is 0 Å². The number of para-hydroxylation sites is 1. The first-order valence-corrected chi connectivity index (χ1v) is 8.97. The van der Waals surface area contributed by atoms with Crippen LogP contribution in [0, 0.1) is 18.3 Å². The number of benzene rings is 2. The van der Waals surface area contributed by atoms with Gasteiger partial charge in [-0.15, -0.1) is 6.58 Å². The van der Waals surface area contributed by atoms with Crippen LogP contribution in [0.3, 0.4) is 0 Å². The van der Waals surface area contributed by atoms with Crippen molar-refractivity contribution in [3.05, 3.63) is 78.0 Å². The van der Waals surface area contributed by atoms with Crippen molar-refractivity contribution in [2.75, 3.05) is 0 Å². The van der Waals surface area contributed by atoms with Crippen LogP contribution in [0.5, 0.6) is 0 Å². The van der Waals surface area contributed by atoms with Crippen LogP contribution in [0.15, 0.2) is 66.2 Å². The molecule has 0 saturated heterocycles. The molecule has 1 heterocycles. The highest BCUT2D eigenvalue weighted by atomic mass is 32.2. The Labute approximate surface area is 141 Å². The SMILES string of the molecule is C=CC(c1ccc(C)cc1)S(=O)(=O)c1c[nH]c2c(C#N)cccc12. The van der Waals surface area contributed by atoms with E-state index in [4.69, 9.17) is 0 Å².